The smallest absolute Gasteiger partial charge is 0.0512 e. The van der Waals surface area contributed by atoms with Gasteiger partial charge in [-0.2, -0.15) is 0 Å². The van der Waals surface area contributed by atoms with Crippen LogP contribution < -0.4 is 5.32 Å². The minimum atomic E-state index is 0.722. The maximum absolute atomic E-state index is 3.64. The molecule has 1 aliphatic heterocycles. The second-order valence-electron chi connectivity index (χ2n) is 5.65. The average Bonchev–Trinajstić information content (AvgIpc) is 2.89. The molecule has 2 heterocycles. The Morgan fingerprint density at radius 2 is 2.21 bits per heavy atom. The third-order valence-corrected chi connectivity index (χ3v) is 4.38. The highest BCUT2D eigenvalue weighted by Crippen LogP contribution is 2.22. The molecular weight excluding hydrogens is 232 g/mol. The summed E-state index contributed by atoms with van der Waals surface area (Å²) in [6.45, 7) is 4.59. The Morgan fingerprint density at radius 1 is 1.26 bits per heavy atom. The molecule has 1 aromatic carbocycles. The highest BCUT2D eigenvalue weighted by atomic mass is 15.0. The van der Waals surface area contributed by atoms with E-state index in [1.54, 1.807) is 0 Å². The third kappa shape index (κ3) is 2.69. The molecule has 0 saturated carbocycles. The van der Waals surface area contributed by atoms with E-state index >= 15 is 0 Å². The topological polar surface area (TPSA) is 17.0 Å². The molecule has 1 atom stereocenters. The Hall–Kier alpha value is -1.28. The van der Waals surface area contributed by atoms with E-state index in [1.807, 2.05) is 0 Å². The number of aromatic nitrogens is 1. The van der Waals surface area contributed by atoms with Crippen LogP contribution in [0.25, 0.3) is 10.9 Å². The van der Waals surface area contributed by atoms with Crippen molar-refractivity contribution in [1.29, 1.82) is 0 Å². The summed E-state index contributed by atoms with van der Waals surface area (Å²) in [5, 5.41) is 5.03. The first kappa shape index (κ1) is 12.7. The van der Waals surface area contributed by atoms with Crippen molar-refractivity contribution in [1.82, 2.24) is 9.88 Å². The molecule has 1 unspecified atom stereocenters. The first-order valence-corrected chi connectivity index (χ1v) is 7.68. The summed E-state index contributed by atoms with van der Waals surface area (Å²) < 4.78 is 2.45. The zero-order chi connectivity index (χ0) is 13.1. The second kappa shape index (κ2) is 5.79. The minimum absolute atomic E-state index is 0.722. The van der Waals surface area contributed by atoms with Crippen LogP contribution in [0.3, 0.4) is 0 Å². The second-order valence-corrected chi connectivity index (χ2v) is 5.65. The molecule has 1 saturated heterocycles. The fraction of sp³-hybridized carbons (Fsp3) is 0.529. The molecular formula is C17H24N2. The highest BCUT2D eigenvalue weighted by molar-refractivity contribution is 5.83. The lowest BCUT2D eigenvalue weighted by molar-refractivity contribution is 0.368. The highest BCUT2D eigenvalue weighted by Gasteiger charge is 2.13. The summed E-state index contributed by atoms with van der Waals surface area (Å²) >= 11 is 0. The summed E-state index contributed by atoms with van der Waals surface area (Å²) in [5.74, 6) is 0. The van der Waals surface area contributed by atoms with Gasteiger partial charge in [0.05, 0.1) is 5.52 Å². The molecule has 19 heavy (non-hydrogen) atoms. The predicted octanol–water partition coefficient (Wildman–Crippen LogP) is 3.74. The maximum atomic E-state index is 3.64. The van der Waals surface area contributed by atoms with Gasteiger partial charge in [0.2, 0.25) is 0 Å². The number of aryl methyl sites for hydroxylation is 2. The van der Waals surface area contributed by atoms with Crippen molar-refractivity contribution in [3.63, 3.8) is 0 Å². The van der Waals surface area contributed by atoms with E-state index < -0.39 is 0 Å². The van der Waals surface area contributed by atoms with Crippen molar-refractivity contribution < 1.29 is 0 Å². The normalized spacial score (nSPS) is 19.9. The number of benzene rings is 1. The molecule has 2 nitrogen and oxygen atoms in total. The van der Waals surface area contributed by atoms with Crippen LogP contribution in [-0.4, -0.2) is 17.2 Å². The van der Waals surface area contributed by atoms with Crippen molar-refractivity contribution in [3.8, 4) is 0 Å². The Labute approximate surface area is 115 Å². The molecule has 0 radical (unpaired) electrons. The van der Waals surface area contributed by atoms with Gasteiger partial charge < -0.3 is 9.88 Å². The third-order valence-electron chi connectivity index (χ3n) is 4.38. The molecule has 0 spiro atoms. The number of para-hydroxylation sites is 1. The summed E-state index contributed by atoms with van der Waals surface area (Å²) in [5.41, 5.74) is 2.92. The number of hydrogen-bond acceptors (Lipinski definition) is 1. The van der Waals surface area contributed by atoms with Crippen molar-refractivity contribution in [3.05, 3.63) is 36.0 Å². The van der Waals surface area contributed by atoms with E-state index in [4.69, 9.17) is 0 Å². The van der Waals surface area contributed by atoms with Gasteiger partial charge in [-0.05, 0) is 49.2 Å². The average molecular weight is 256 g/mol. The molecule has 2 aromatic rings. The monoisotopic (exact) mass is 256 g/mol. The van der Waals surface area contributed by atoms with Crippen molar-refractivity contribution in [2.75, 3.05) is 6.54 Å². The van der Waals surface area contributed by atoms with Crippen molar-refractivity contribution in [2.24, 2.45) is 0 Å². The Balaban J connectivity index is 1.77. The van der Waals surface area contributed by atoms with Gasteiger partial charge in [0, 0.05) is 18.8 Å². The van der Waals surface area contributed by atoms with Crippen LogP contribution in [-0.2, 0) is 13.0 Å². The van der Waals surface area contributed by atoms with Crippen LogP contribution in [0.1, 0.15) is 38.2 Å². The number of nitrogens with one attached hydrogen (secondary N) is 1. The van der Waals surface area contributed by atoms with Crippen molar-refractivity contribution >= 4 is 10.9 Å². The first-order chi connectivity index (χ1) is 9.38. The number of piperidine rings is 1. The van der Waals surface area contributed by atoms with Crippen LogP contribution in [0.4, 0.5) is 0 Å². The fourth-order valence-electron chi connectivity index (χ4n) is 3.28. The van der Waals surface area contributed by atoms with Gasteiger partial charge in [-0.1, -0.05) is 31.5 Å². The number of rotatable bonds is 4. The van der Waals surface area contributed by atoms with E-state index in [1.165, 1.54) is 48.7 Å². The van der Waals surface area contributed by atoms with Gasteiger partial charge in [-0.3, -0.25) is 0 Å². The summed E-state index contributed by atoms with van der Waals surface area (Å²) in [4.78, 5) is 0. The summed E-state index contributed by atoms with van der Waals surface area (Å²) in [7, 11) is 0. The first-order valence-electron chi connectivity index (χ1n) is 7.68. The Bertz CT molecular complexity index is 535. The van der Waals surface area contributed by atoms with Gasteiger partial charge in [0.1, 0.15) is 0 Å². The standard InChI is InChI=1S/C17H24N2/c1-2-14-6-5-7-15-9-12-19(17(14)15)13-10-16-8-3-4-11-18-16/h5-7,9,12,16,18H,2-4,8,10-11,13H2,1H3. The summed E-state index contributed by atoms with van der Waals surface area (Å²) in [6.07, 6.45) is 8.71. The van der Waals surface area contributed by atoms with Gasteiger partial charge in [-0.25, -0.2) is 0 Å². The number of fused-ring (bicyclic) bond motifs is 1. The lowest BCUT2D eigenvalue weighted by atomic mass is 10.0. The minimum Gasteiger partial charge on any atom is -0.347 e. The Morgan fingerprint density at radius 3 is 3.00 bits per heavy atom. The summed E-state index contributed by atoms with van der Waals surface area (Å²) in [6, 6.07) is 9.64. The molecule has 2 heteroatoms. The molecule has 0 bridgehead atoms. The van der Waals surface area contributed by atoms with E-state index in [0.29, 0.717) is 0 Å². The van der Waals surface area contributed by atoms with Crippen molar-refractivity contribution in [2.45, 2.75) is 51.6 Å². The van der Waals surface area contributed by atoms with E-state index in [9.17, 15) is 0 Å². The van der Waals surface area contributed by atoms with Crippen LogP contribution in [0.2, 0.25) is 0 Å². The fourth-order valence-corrected chi connectivity index (χ4v) is 3.28. The largest absolute Gasteiger partial charge is 0.347 e. The zero-order valence-corrected chi connectivity index (χ0v) is 11.9. The molecule has 102 valence electrons. The molecule has 1 N–H and O–H groups in total. The van der Waals surface area contributed by atoms with Gasteiger partial charge >= 0.3 is 0 Å². The van der Waals surface area contributed by atoms with Gasteiger partial charge in [0.25, 0.3) is 0 Å². The lowest BCUT2D eigenvalue weighted by Gasteiger charge is -2.23. The van der Waals surface area contributed by atoms with Crippen LogP contribution in [0.15, 0.2) is 30.5 Å². The molecule has 0 aliphatic carbocycles. The molecule has 1 fully saturated rings. The van der Waals surface area contributed by atoms with Crippen LogP contribution in [0.5, 0.6) is 0 Å². The molecule has 1 aromatic heterocycles. The van der Waals surface area contributed by atoms with E-state index in [0.717, 1.165) is 19.0 Å². The maximum Gasteiger partial charge on any atom is 0.0512 e. The quantitative estimate of drug-likeness (QED) is 0.882. The van der Waals surface area contributed by atoms with E-state index in [2.05, 4.69) is 47.3 Å². The van der Waals surface area contributed by atoms with Crippen LogP contribution in [0, 0.1) is 0 Å². The molecule has 3 rings (SSSR count). The zero-order valence-electron chi connectivity index (χ0n) is 11.9. The lowest BCUT2D eigenvalue weighted by Crippen LogP contribution is -2.34. The Kier molecular flexibility index (Phi) is 3.88. The SMILES string of the molecule is CCc1cccc2ccn(CCC3CCCCN3)c12. The van der Waals surface area contributed by atoms with E-state index in [-0.39, 0.29) is 0 Å². The molecule has 1 aliphatic rings. The predicted molar refractivity (Wildman–Crippen MR) is 81.6 cm³/mol. The number of nitrogens with zero attached hydrogens (tertiary/aromatic N) is 1. The van der Waals surface area contributed by atoms with Crippen LogP contribution >= 0.6 is 0 Å². The number of hydrogen-bond donors (Lipinski definition) is 1. The van der Waals surface area contributed by atoms with Gasteiger partial charge in [-0.15, -0.1) is 0 Å². The molecule has 0 amide bonds. The van der Waals surface area contributed by atoms with Gasteiger partial charge in [0.15, 0.2) is 0 Å².